The van der Waals surface area contributed by atoms with Gasteiger partial charge >= 0.3 is 18.3 Å². The first-order valence-electron chi connectivity index (χ1n) is 11.0. The first-order valence-corrected chi connectivity index (χ1v) is 11.0. The molecule has 0 spiro atoms. The van der Waals surface area contributed by atoms with Crippen LogP contribution in [0.1, 0.15) is 56.2 Å². The van der Waals surface area contributed by atoms with Crippen LogP contribution < -0.4 is 11.5 Å². The fraction of sp³-hybridized carbons (Fsp3) is 0.292. The number of carbonyl (C=O) groups excluding carboxylic acids is 2. The Balaban J connectivity index is 0.000000673. The molecule has 9 nitrogen and oxygen atoms in total. The standard InChI is InChI=1S/C22H20F3N5O2.C2HF3O2/c23-22(24,25)18-11-15(19(31)29-21(27)28)4-5-17(18)14-6-8-30(9-7-14)20(32)16-3-1-2-13(10-16)12-26;3-2(4,5)1(6)7/h1-5,10-11,14H,6-9H2,(H4,27,28,29,31);(H,6,7). The Labute approximate surface area is 217 Å². The van der Waals surface area contributed by atoms with Gasteiger partial charge in [-0.25, -0.2) is 4.79 Å². The van der Waals surface area contributed by atoms with Gasteiger partial charge in [-0.15, -0.1) is 0 Å². The van der Waals surface area contributed by atoms with Crippen molar-refractivity contribution in [3.8, 4) is 6.07 Å². The molecule has 3 rings (SSSR count). The number of carboxylic acid groups (broad SMARTS) is 1. The highest BCUT2D eigenvalue weighted by atomic mass is 19.4. The third-order valence-corrected chi connectivity index (χ3v) is 5.54. The second-order valence-corrected chi connectivity index (χ2v) is 8.20. The van der Waals surface area contributed by atoms with E-state index in [2.05, 4.69) is 4.99 Å². The molecule has 1 heterocycles. The lowest BCUT2D eigenvalue weighted by Crippen LogP contribution is -2.38. The summed E-state index contributed by atoms with van der Waals surface area (Å²) in [5.41, 5.74) is 9.87. The lowest BCUT2D eigenvalue weighted by molar-refractivity contribution is -0.192. The molecule has 1 saturated heterocycles. The Hall–Kier alpha value is -4.61. The fourth-order valence-electron chi connectivity index (χ4n) is 3.77. The highest BCUT2D eigenvalue weighted by Gasteiger charge is 2.38. The van der Waals surface area contributed by atoms with Crippen LogP contribution in [0.2, 0.25) is 0 Å². The Morgan fingerprint density at radius 3 is 2.05 bits per heavy atom. The average molecular weight is 557 g/mol. The number of piperidine rings is 1. The van der Waals surface area contributed by atoms with Crippen molar-refractivity contribution in [2.75, 3.05) is 13.1 Å². The number of carboxylic acids is 1. The normalized spacial score (nSPS) is 13.9. The van der Waals surface area contributed by atoms with Gasteiger partial charge in [0.05, 0.1) is 17.2 Å². The molecule has 2 aromatic carbocycles. The molecule has 0 saturated carbocycles. The van der Waals surface area contributed by atoms with Crippen LogP contribution in [0.5, 0.6) is 0 Å². The van der Waals surface area contributed by atoms with Gasteiger partial charge in [0.1, 0.15) is 0 Å². The van der Waals surface area contributed by atoms with Gasteiger partial charge in [0.25, 0.3) is 11.8 Å². The van der Waals surface area contributed by atoms with E-state index in [1.807, 2.05) is 6.07 Å². The molecular weight excluding hydrogens is 536 g/mol. The largest absolute Gasteiger partial charge is 0.490 e. The summed E-state index contributed by atoms with van der Waals surface area (Å²) in [4.78, 5) is 38.4. The number of halogens is 6. The highest BCUT2D eigenvalue weighted by molar-refractivity contribution is 6.02. The summed E-state index contributed by atoms with van der Waals surface area (Å²) in [6, 6.07) is 11.6. The Morgan fingerprint density at radius 2 is 1.56 bits per heavy atom. The molecule has 0 radical (unpaired) electrons. The molecule has 0 unspecified atom stereocenters. The summed E-state index contributed by atoms with van der Waals surface area (Å²) >= 11 is 0. The van der Waals surface area contributed by atoms with E-state index in [9.17, 15) is 35.9 Å². The van der Waals surface area contributed by atoms with Crippen LogP contribution in [0, 0.1) is 11.3 Å². The van der Waals surface area contributed by atoms with Gasteiger partial charge in [0, 0.05) is 24.2 Å². The molecule has 208 valence electrons. The maximum absolute atomic E-state index is 13.7. The number of alkyl halides is 6. The molecule has 1 fully saturated rings. The number of nitriles is 1. The van der Waals surface area contributed by atoms with Gasteiger partial charge in [-0.05, 0) is 54.7 Å². The number of likely N-dealkylation sites (tertiary alicyclic amines) is 1. The van der Waals surface area contributed by atoms with Crippen molar-refractivity contribution in [3.05, 3.63) is 70.3 Å². The minimum atomic E-state index is -5.08. The lowest BCUT2D eigenvalue weighted by atomic mass is 9.85. The molecule has 15 heteroatoms. The number of amides is 2. The number of guanidine groups is 1. The number of benzene rings is 2. The van der Waals surface area contributed by atoms with Crippen molar-refractivity contribution in [1.29, 1.82) is 5.26 Å². The summed E-state index contributed by atoms with van der Waals surface area (Å²) in [5, 5.41) is 16.1. The quantitative estimate of drug-likeness (QED) is 0.295. The fourth-order valence-corrected chi connectivity index (χ4v) is 3.77. The van der Waals surface area contributed by atoms with Gasteiger partial charge in [-0.2, -0.15) is 36.6 Å². The molecule has 1 aliphatic rings. The van der Waals surface area contributed by atoms with E-state index >= 15 is 0 Å². The third-order valence-electron chi connectivity index (χ3n) is 5.54. The van der Waals surface area contributed by atoms with E-state index in [0.29, 0.717) is 24.0 Å². The minimum absolute atomic E-state index is 0.0670. The van der Waals surface area contributed by atoms with Crippen LogP contribution in [0.15, 0.2) is 47.5 Å². The van der Waals surface area contributed by atoms with Crippen molar-refractivity contribution in [1.82, 2.24) is 4.90 Å². The molecule has 0 bridgehead atoms. The summed E-state index contributed by atoms with van der Waals surface area (Å²) < 4.78 is 72.9. The topological polar surface area (TPSA) is 163 Å². The minimum Gasteiger partial charge on any atom is -0.475 e. The molecule has 2 amide bonds. The monoisotopic (exact) mass is 557 g/mol. The van der Waals surface area contributed by atoms with E-state index in [4.69, 9.17) is 26.6 Å². The molecule has 1 aliphatic heterocycles. The van der Waals surface area contributed by atoms with Gasteiger partial charge < -0.3 is 21.5 Å². The number of nitrogens with two attached hydrogens (primary N) is 2. The maximum atomic E-state index is 13.7. The first-order chi connectivity index (χ1) is 18.0. The smallest absolute Gasteiger partial charge is 0.475 e. The highest BCUT2D eigenvalue weighted by Crippen LogP contribution is 2.39. The van der Waals surface area contributed by atoms with Crippen LogP contribution in [0.25, 0.3) is 0 Å². The number of aliphatic carboxylic acids is 1. The van der Waals surface area contributed by atoms with Gasteiger partial charge in [0.15, 0.2) is 5.96 Å². The predicted octanol–water partition coefficient (Wildman–Crippen LogP) is 3.64. The summed E-state index contributed by atoms with van der Waals surface area (Å²) in [7, 11) is 0. The summed E-state index contributed by atoms with van der Waals surface area (Å²) in [5.74, 6) is -4.96. The van der Waals surface area contributed by atoms with Crippen LogP contribution in [-0.2, 0) is 11.0 Å². The molecule has 0 aromatic heterocycles. The zero-order valence-electron chi connectivity index (χ0n) is 19.9. The number of hydrogen-bond donors (Lipinski definition) is 3. The number of nitrogens with zero attached hydrogens (tertiary/aromatic N) is 3. The van der Waals surface area contributed by atoms with E-state index in [0.717, 1.165) is 6.07 Å². The van der Waals surface area contributed by atoms with E-state index in [1.165, 1.54) is 18.2 Å². The number of carbonyl (C=O) groups is 3. The lowest BCUT2D eigenvalue weighted by Gasteiger charge is -2.33. The van der Waals surface area contributed by atoms with Crippen molar-refractivity contribution in [2.24, 2.45) is 16.5 Å². The maximum Gasteiger partial charge on any atom is 0.490 e. The SMILES string of the molecule is N#Cc1cccc(C(=O)N2CCC(c3ccc(C(=O)N=C(N)N)cc3C(F)(F)F)CC2)c1.O=C(O)C(F)(F)F. The molecule has 5 N–H and O–H groups in total. The van der Waals surface area contributed by atoms with E-state index < -0.39 is 41.7 Å². The van der Waals surface area contributed by atoms with Crippen molar-refractivity contribution in [2.45, 2.75) is 31.1 Å². The number of rotatable bonds is 3. The zero-order valence-corrected chi connectivity index (χ0v) is 19.9. The van der Waals surface area contributed by atoms with E-state index in [-0.39, 0.29) is 30.1 Å². The first kappa shape index (κ1) is 30.6. The van der Waals surface area contributed by atoms with Crippen molar-refractivity contribution in [3.63, 3.8) is 0 Å². The van der Waals surface area contributed by atoms with Crippen LogP contribution in [-0.4, -0.2) is 53.0 Å². The van der Waals surface area contributed by atoms with Crippen LogP contribution in [0.3, 0.4) is 0 Å². The Kier molecular flexibility index (Phi) is 9.65. The predicted molar refractivity (Wildman–Crippen MR) is 124 cm³/mol. The molecule has 0 aliphatic carbocycles. The Morgan fingerprint density at radius 1 is 0.974 bits per heavy atom. The van der Waals surface area contributed by atoms with E-state index in [1.54, 1.807) is 23.1 Å². The second-order valence-electron chi connectivity index (χ2n) is 8.20. The molecule has 2 aromatic rings. The molecule has 0 atom stereocenters. The second kappa shape index (κ2) is 12.3. The van der Waals surface area contributed by atoms with Crippen LogP contribution in [0.4, 0.5) is 26.3 Å². The zero-order chi connectivity index (χ0) is 29.5. The van der Waals surface area contributed by atoms with Gasteiger partial charge in [0.2, 0.25) is 0 Å². The van der Waals surface area contributed by atoms with Crippen molar-refractivity contribution < 1.29 is 45.8 Å². The third kappa shape index (κ3) is 8.45. The van der Waals surface area contributed by atoms with Gasteiger partial charge in [-0.3, -0.25) is 9.59 Å². The summed E-state index contributed by atoms with van der Waals surface area (Å²) in [6.45, 7) is 0.540. The average Bonchev–Trinajstić information content (AvgIpc) is 2.87. The number of hydrogen-bond acceptors (Lipinski definition) is 4. The van der Waals surface area contributed by atoms with Crippen molar-refractivity contribution >= 4 is 23.7 Å². The molecule has 39 heavy (non-hydrogen) atoms. The Bertz CT molecular complexity index is 1310. The number of aliphatic imine (C=N–C) groups is 1. The van der Waals surface area contributed by atoms with Crippen LogP contribution >= 0.6 is 0 Å². The van der Waals surface area contributed by atoms with Gasteiger partial charge in [-0.1, -0.05) is 12.1 Å². The molecular formula is C24H21F6N5O4. The summed E-state index contributed by atoms with van der Waals surface area (Å²) in [6.07, 6.45) is -9.10.